The Labute approximate surface area is 157 Å². The monoisotopic (exact) mass is 363 g/mol. The van der Waals surface area contributed by atoms with Crippen LogP contribution in [0.4, 0.5) is 0 Å². The Kier molecular flexibility index (Phi) is 5.61. The minimum atomic E-state index is -0.366. The van der Waals surface area contributed by atoms with E-state index in [1.807, 2.05) is 50.2 Å². The average molecular weight is 363 g/mol. The minimum Gasteiger partial charge on any atom is -0.352 e. The molecule has 2 heterocycles. The number of rotatable bonds is 6. The predicted octanol–water partition coefficient (Wildman–Crippen LogP) is 2.19. The lowest BCUT2D eigenvalue weighted by atomic mass is 10.1. The Morgan fingerprint density at radius 1 is 1.11 bits per heavy atom. The first kappa shape index (κ1) is 18.3. The smallest absolute Gasteiger partial charge is 0.255 e. The molecule has 0 radical (unpaired) electrons. The Balaban J connectivity index is 1.89. The van der Waals surface area contributed by atoms with Crippen LogP contribution in [-0.2, 0) is 4.79 Å². The first-order valence-electron chi connectivity index (χ1n) is 8.67. The fourth-order valence-electron chi connectivity index (χ4n) is 2.60. The third-order valence-electron chi connectivity index (χ3n) is 3.77. The number of amides is 2. The van der Waals surface area contributed by atoms with Crippen molar-refractivity contribution in [2.24, 2.45) is 0 Å². The third kappa shape index (κ3) is 4.58. The molecule has 3 rings (SSSR count). The highest BCUT2D eigenvalue weighted by molar-refractivity contribution is 6.01. The number of carbonyl (C=O) groups excluding carboxylic acids is 2. The van der Waals surface area contributed by atoms with E-state index >= 15 is 0 Å². The van der Waals surface area contributed by atoms with Gasteiger partial charge in [0, 0.05) is 30.2 Å². The zero-order valence-corrected chi connectivity index (χ0v) is 15.2. The third-order valence-corrected chi connectivity index (χ3v) is 3.77. The topological polar surface area (TPSA) is 88.9 Å². The zero-order chi connectivity index (χ0) is 19.2. The highest BCUT2D eigenvalue weighted by Gasteiger charge is 2.19. The summed E-state index contributed by atoms with van der Waals surface area (Å²) >= 11 is 0. The summed E-state index contributed by atoms with van der Waals surface area (Å²) in [6.07, 6.45) is 4.97. The average Bonchev–Trinajstić information content (AvgIpc) is 3.12. The second-order valence-electron chi connectivity index (χ2n) is 6.32. The van der Waals surface area contributed by atoms with Gasteiger partial charge in [0.25, 0.3) is 5.91 Å². The molecule has 0 bridgehead atoms. The SMILES string of the molecule is CC(C)NC(=O)CNC(=O)c1cn(-c2ccccc2)nc1-c1cccnc1. The molecule has 0 saturated heterocycles. The number of benzene rings is 1. The van der Waals surface area contributed by atoms with Gasteiger partial charge in [0.15, 0.2) is 0 Å². The standard InChI is InChI=1S/C20H21N5O2/c1-14(2)23-18(26)12-22-20(27)17-13-25(16-8-4-3-5-9-16)24-19(17)15-7-6-10-21-11-15/h3-11,13-14H,12H2,1-2H3,(H,22,27)(H,23,26). The number of carbonyl (C=O) groups is 2. The molecule has 7 heteroatoms. The van der Waals surface area contributed by atoms with Gasteiger partial charge < -0.3 is 10.6 Å². The van der Waals surface area contributed by atoms with Gasteiger partial charge in [-0.05, 0) is 38.1 Å². The fourth-order valence-corrected chi connectivity index (χ4v) is 2.60. The maximum atomic E-state index is 12.7. The van der Waals surface area contributed by atoms with Crippen LogP contribution in [0.2, 0.25) is 0 Å². The van der Waals surface area contributed by atoms with Crippen LogP contribution in [0.25, 0.3) is 16.9 Å². The van der Waals surface area contributed by atoms with Gasteiger partial charge in [0.05, 0.1) is 17.8 Å². The van der Waals surface area contributed by atoms with Crippen LogP contribution in [0.15, 0.2) is 61.1 Å². The van der Waals surface area contributed by atoms with Crippen molar-refractivity contribution in [1.29, 1.82) is 0 Å². The Bertz CT molecular complexity index is 920. The minimum absolute atomic E-state index is 0.0150. The lowest BCUT2D eigenvalue weighted by Crippen LogP contribution is -2.39. The molecular formula is C20H21N5O2. The van der Waals surface area contributed by atoms with Crippen LogP contribution in [0.5, 0.6) is 0 Å². The molecular weight excluding hydrogens is 342 g/mol. The van der Waals surface area contributed by atoms with Crippen LogP contribution in [0.3, 0.4) is 0 Å². The van der Waals surface area contributed by atoms with Crippen molar-refractivity contribution < 1.29 is 9.59 Å². The summed E-state index contributed by atoms with van der Waals surface area (Å²) in [6.45, 7) is 3.63. The second-order valence-corrected chi connectivity index (χ2v) is 6.32. The van der Waals surface area contributed by atoms with Crippen molar-refractivity contribution in [3.05, 3.63) is 66.6 Å². The maximum absolute atomic E-state index is 12.7. The molecule has 3 aromatic rings. The van der Waals surface area contributed by atoms with Crippen molar-refractivity contribution >= 4 is 11.8 Å². The molecule has 0 atom stereocenters. The van der Waals surface area contributed by atoms with Gasteiger partial charge in [-0.15, -0.1) is 0 Å². The molecule has 0 aliphatic rings. The van der Waals surface area contributed by atoms with E-state index in [1.54, 1.807) is 29.3 Å². The van der Waals surface area contributed by atoms with Crippen LogP contribution in [0.1, 0.15) is 24.2 Å². The van der Waals surface area contributed by atoms with Gasteiger partial charge in [-0.3, -0.25) is 14.6 Å². The van der Waals surface area contributed by atoms with Gasteiger partial charge in [0.2, 0.25) is 5.91 Å². The highest BCUT2D eigenvalue weighted by Crippen LogP contribution is 2.23. The molecule has 0 spiro atoms. The first-order chi connectivity index (χ1) is 13.0. The predicted molar refractivity (Wildman–Crippen MR) is 102 cm³/mol. The Morgan fingerprint density at radius 3 is 2.56 bits per heavy atom. The van der Waals surface area contributed by atoms with E-state index in [0.29, 0.717) is 11.3 Å². The van der Waals surface area contributed by atoms with E-state index < -0.39 is 0 Å². The van der Waals surface area contributed by atoms with Gasteiger partial charge in [-0.25, -0.2) is 4.68 Å². The molecule has 2 aromatic heterocycles. The quantitative estimate of drug-likeness (QED) is 0.703. The van der Waals surface area contributed by atoms with E-state index in [2.05, 4.69) is 20.7 Å². The number of para-hydroxylation sites is 1. The van der Waals surface area contributed by atoms with Crippen molar-refractivity contribution in [3.8, 4) is 16.9 Å². The summed E-state index contributed by atoms with van der Waals surface area (Å²) in [5.74, 6) is -0.605. The summed E-state index contributed by atoms with van der Waals surface area (Å²) in [6, 6.07) is 13.2. The molecule has 7 nitrogen and oxygen atoms in total. The van der Waals surface area contributed by atoms with Gasteiger partial charge in [-0.1, -0.05) is 18.2 Å². The summed E-state index contributed by atoms with van der Waals surface area (Å²) in [7, 11) is 0. The Morgan fingerprint density at radius 2 is 1.89 bits per heavy atom. The van der Waals surface area contributed by atoms with E-state index in [-0.39, 0.29) is 24.4 Å². The van der Waals surface area contributed by atoms with E-state index in [4.69, 9.17) is 0 Å². The van der Waals surface area contributed by atoms with Crippen LogP contribution in [0, 0.1) is 0 Å². The molecule has 0 aliphatic heterocycles. The highest BCUT2D eigenvalue weighted by atomic mass is 16.2. The number of aromatic nitrogens is 3. The molecule has 138 valence electrons. The summed E-state index contributed by atoms with van der Waals surface area (Å²) in [5.41, 5.74) is 2.45. The lowest BCUT2D eigenvalue weighted by Gasteiger charge is -2.09. The van der Waals surface area contributed by atoms with Gasteiger partial charge in [0.1, 0.15) is 5.69 Å². The molecule has 0 unspecified atom stereocenters. The first-order valence-corrected chi connectivity index (χ1v) is 8.67. The largest absolute Gasteiger partial charge is 0.352 e. The number of hydrogen-bond donors (Lipinski definition) is 2. The molecule has 2 N–H and O–H groups in total. The molecule has 2 amide bonds. The molecule has 27 heavy (non-hydrogen) atoms. The summed E-state index contributed by atoms with van der Waals surface area (Å²) in [5, 5.41) is 9.96. The van der Waals surface area contributed by atoms with Crippen molar-refractivity contribution in [2.45, 2.75) is 19.9 Å². The lowest BCUT2D eigenvalue weighted by molar-refractivity contribution is -0.120. The number of pyridine rings is 1. The van der Waals surface area contributed by atoms with Gasteiger partial charge >= 0.3 is 0 Å². The zero-order valence-electron chi connectivity index (χ0n) is 15.2. The molecule has 0 aliphatic carbocycles. The normalized spacial score (nSPS) is 10.6. The van der Waals surface area contributed by atoms with E-state index in [0.717, 1.165) is 11.3 Å². The van der Waals surface area contributed by atoms with Crippen molar-refractivity contribution in [2.75, 3.05) is 6.54 Å². The molecule has 0 saturated carbocycles. The van der Waals surface area contributed by atoms with Crippen molar-refractivity contribution in [1.82, 2.24) is 25.4 Å². The summed E-state index contributed by atoms with van der Waals surface area (Å²) < 4.78 is 1.64. The molecule has 1 aromatic carbocycles. The van der Waals surface area contributed by atoms with Gasteiger partial charge in [-0.2, -0.15) is 5.10 Å². The second kappa shape index (κ2) is 8.27. The number of nitrogens with zero attached hydrogens (tertiary/aromatic N) is 3. The van der Waals surface area contributed by atoms with E-state index in [9.17, 15) is 9.59 Å². The van der Waals surface area contributed by atoms with Crippen LogP contribution >= 0.6 is 0 Å². The maximum Gasteiger partial charge on any atom is 0.255 e. The molecule has 0 fully saturated rings. The number of hydrogen-bond acceptors (Lipinski definition) is 4. The van der Waals surface area contributed by atoms with Crippen LogP contribution in [-0.4, -0.2) is 39.2 Å². The summed E-state index contributed by atoms with van der Waals surface area (Å²) in [4.78, 5) is 28.6. The van der Waals surface area contributed by atoms with Crippen molar-refractivity contribution in [3.63, 3.8) is 0 Å². The Hall–Kier alpha value is -3.48. The van der Waals surface area contributed by atoms with E-state index in [1.165, 1.54) is 0 Å². The van der Waals surface area contributed by atoms with Crippen LogP contribution < -0.4 is 10.6 Å². The number of nitrogens with one attached hydrogen (secondary N) is 2. The fraction of sp³-hybridized carbons (Fsp3) is 0.200.